The molecule has 0 radical (unpaired) electrons. The molecule has 3 rings (SSSR count). The van der Waals surface area contributed by atoms with Crippen molar-refractivity contribution in [1.29, 1.82) is 0 Å². The monoisotopic (exact) mass is 273 g/mol. The molecule has 0 unspecified atom stereocenters. The van der Waals surface area contributed by atoms with E-state index in [9.17, 15) is 9.90 Å². The summed E-state index contributed by atoms with van der Waals surface area (Å²) in [4.78, 5) is 20.1. The summed E-state index contributed by atoms with van der Waals surface area (Å²) >= 11 is 0. The molecule has 2 aliphatic carbocycles. The Morgan fingerprint density at radius 1 is 1.20 bits per heavy atom. The summed E-state index contributed by atoms with van der Waals surface area (Å²) in [5.74, 6) is 0.0368. The Balaban J connectivity index is 1.75. The summed E-state index contributed by atoms with van der Waals surface area (Å²) in [7, 11) is 0. The molecule has 0 aliphatic heterocycles. The molecule has 20 heavy (non-hydrogen) atoms. The van der Waals surface area contributed by atoms with Gasteiger partial charge >= 0.3 is 0 Å². The maximum atomic E-state index is 11.1. The molecule has 0 amide bonds. The van der Waals surface area contributed by atoms with E-state index >= 15 is 0 Å². The minimum atomic E-state index is -0.962. The predicted molar refractivity (Wildman–Crippen MR) is 72.9 cm³/mol. The number of aromatic nitrogens is 2. The van der Waals surface area contributed by atoms with Gasteiger partial charge in [0, 0.05) is 36.1 Å². The minimum absolute atomic E-state index is 0.00657. The first-order valence-electron chi connectivity index (χ1n) is 7.54. The SMILES string of the molecule is CC1(C)[C@@H](C(=O)[O-])[C@@H]1c1cnc(C2CCCCC2)nc1. The van der Waals surface area contributed by atoms with Crippen molar-refractivity contribution >= 4 is 5.97 Å². The fourth-order valence-electron chi connectivity index (χ4n) is 3.78. The van der Waals surface area contributed by atoms with Gasteiger partial charge in [-0.15, -0.1) is 0 Å². The molecular formula is C16H21N2O2-. The molecule has 1 aromatic heterocycles. The first-order valence-corrected chi connectivity index (χ1v) is 7.54. The third-order valence-corrected chi connectivity index (χ3v) is 5.10. The molecule has 0 aromatic carbocycles. The minimum Gasteiger partial charge on any atom is -0.550 e. The molecule has 1 aromatic rings. The normalized spacial score (nSPS) is 29.1. The molecular weight excluding hydrogens is 252 g/mol. The maximum absolute atomic E-state index is 11.1. The molecule has 2 aliphatic rings. The van der Waals surface area contributed by atoms with E-state index in [4.69, 9.17) is 0 Å². The van der Waals surface area contributed by atoms with E-state index in [1.807, 2.05) is 26.2 Å². The lowest BCUT2D eigenvalue weighted by Crippen LogP contribution is -2.26. The summed E-state index contributed by atoms with van der Waals surface area (Å²) in [5, 5.41) is 11.1. The molecule has 2 atom stereocenters. The zero-order valence-electron chi connectivity index (χ0n) is 12.1. The van der Waals surface area contributed by atoms with Crippen molar-refractivity contribution in [1.82, 2.24) is 9.97 Å². The first kappa shape index (κ1) is 13.5. The predicted octanol–water partition coefficient (Wildman–Crippen LogP) is 2.01. The van der Waals surface area contributed by atoms with Crippen molar-refractivity contribution in [3.8, 4) is 0 Å². The molecule has 0 bridgehead atoms. The van der Waals surface area contributed by atoms with Crippen LogP contribution in [-0.2, 0) is 4.79 Å². The van der Waals surface area contributed by atoms with Crippen LogP contribution in [0.1, 0.15) is 69.2 Å². The van der Waals surface area contributed by atoms with Crippen LogP contribution in [-0.4, -0.2) is 15.9 Å². The Morgan fingerprint density at radius 2 is 1.80 bits per heavy atom. The second kappa shape index (κ2) is 4.83. The molecule has 0 spiro atoms. The van der Waals surface area contributed by atoms with Gasteiger partial charge in [0.2, 0.25) is 0 Å². The second-order valence-electron chi connectivity index (χ2n) is 6.81. The van der Waals surface area contributed by atoms with Gasteiger partial charge in [-0.05, 0) is 23.8 Å². The van der Waals surface area contributed by atoms with Crippen molar-refractivity contribution < 1.29 is 9.90 Å². The number of aliphatic carboxylic acids is 1. The zero-order chi connectivity index (χ0) is 14.3. The fourth-order valence-corrected chi connectivity index (χ4v) is 3.78. The van der Waals surface area contributed by atoms with Crippen molar-refractivity contribution in [2.75, 3.05) is 0 Å². The van der Waals surface area contributed by atoms with Crippen LogP contribution in [0, 0.1) is 11.3 Å². The van der Waals surface area contributed by atoms with Crippen LogP contribution >= 0.6 is 0 Å². The smallest absolute Gasteiger partial charge is 0.131 e. The van der Waals surface area contributed by atoms with Gasteiger partial charge in [-0.1, -0.05) is 33.1 Å². The molecule has 108 valence electrons. The topological polar surface area (TPSA) is 65.9 Å². The highest BCUT2D eigenvalue weighted by atomic mass is 16.4. The lowest BCUT2D eigenvalue weighted by Gasteiger charge is -2.20. The van der Waals surface area contributed by atoms with Gasteiger partial charge < -0.3 is 9.90 Å². The van der Waals surface area contributed by atoms with Gasteiger partial charge in [0.25, 0.3) is 0 Å². The van der Waals surface area contributed by atoms with E-state index in [0.29, 0.717) is 5.92 Å². The van der Waals surface area contributed by atoms with Crippen molar-refractivity contribution in [2.24, 2.45) is 11.3 Å². The standard InChI is InChI=1S/C16H22N2O2/c1-16(2)12(13(16)15(19)20)11-8-17-14(18-9-11)10-6-4-3-5-7-10/h8-10,12-13H,3-7H2,1-2H3,(H,19,20)/p-1/t12-,13+/m0/s1. The summed E-state index contributed by atoms with van der Waals surface area (Å²) < 4.78 is 0. The lowest BCUT2D eigenvalue weighted by molar-refractivity contribution is -0.308. The number of carbonyl (C=O) groups excluding carboxylic acids is 1. The van der Waals surface area contributed by atoms with Gasteiger partial charge in [-0.25, -0.2) is 9.97 Å². The molecule has 4 heteroatoms. The summed E-state index contributed by atoms with van der Waals surface area (Å²) in [6.07, 6.45) is 9.85. The maximum Gasteiger partial charge on any atom is 0.131 e. The number of carboxylic acid groups (broad SMARTS) is 1. The van der Waals surface area contributed by atoms with Gasteiger partial charge in [0.15, 0.2) is 0 Å². The van der Waals surface area contributed by atoms with Crippen LogP contribution in [0.4, 0.5) is 0 Å². The van der Waals surface area contributed by atoms with Crippen LogP contribution < -0.4 is 5.11 Å². The quantitative estimate of drug-likeness (QED) is 0.845. The number of nitrogens with zero attached hydrogens (tertiary/aromatic N) is 2. The van der Waals surface area contributed by atoms with Gasteiger partial charge in [-0.2, -0.15) is 0 Å². The Labute approximate surface area is 119 Å². The molecule has 0 saturated heterocycles. The Kier molecular flexibility index (Phi) is 3.27. The molecule has 1 heterocycles. The Morgan fingerprint density at radius 3 is 2.30 bits per heavy atom. The number of hydrogen-bond acceptors (Lipinski definition) is 4. The van der Waals surface area contributed by atoms with E-state index in [-0.39, 0.29) is 11.3 Å². The third-order valence-electron chi connectivity index (χ3n) is 5.10. The number of hydrogen-bond donors (Lipinski definition) is 0. The van der Waals surface area contributed by atoms with Crippen molar-refractivity contribution in [2.45, 2.75) is 57.8 Å². The number of rotatable bonds is 3. The fraction of sp³-hybridized carbons (Fsp3) is 0.688. The number of carboxylic acids is 1. The molecule has 0 N–H and O–H groups in total. The van der Waals surface area contributed by atoms with Gasteiger partial charge in [0.05, 0.1) is 0 Å². The van der Waals surface area contributed by atoms with Crippen LogP contribution in [0.25, 0.3) is 0 Å². The summed E-state index contributed by atoms with van der Waals surface area (Å²) in [6, 6.07) is 0. The van der Waals surface area contributed by atoms with Crippen LogP contribution in [0.15, 0.2) is 12.4 Å². The average molecular weight is 273 g/mol. The van der Waals surface area contributed by atoms with Crippen molar-refractivity contribution in [3.63, 3.8) is 0 Å². The molecule has 4 nitrogen and oxygen atoms in total. The summed E-state index contributed by atoms with van der Waals surface area (Å²) in [5.41, 5.74) is 0.693. The molecule has 2 saturated carbocycles. The van der Waals surface area contributed by atoms with E-state index < -0.39 is 11.9 Å². The molecule has 2 fully saturated rings. The third kappa shape index (κ3) is 2.21. The number of carbonyl (C=O) groups is 1. The van der Waals surface area contributed by atoms with Gasteiger partial charge in [-0.3, -0.25) is 0 Å². The van der Waals surface area contributed by atoms with E-state index in [2.05, 4.69) is 9.97 Å². The highest BCUT2D eigenvalue weighted by Gasteiger charge is 2.59. The van der Waals surface area contributed by atoms with Crippen molar-refractivity contribution in [3.05, 3.63) is 23.8 Å². The Bertz CT molecular complexity index is 504. The highest BCUT2D eigenvalue weighted by molar-refractivity contribution is 5.75. The summed E-state index contributed by atoms with van der Waals surface area (Å²) in [6.45, 7) is 3.93. The van der Waals surface area contributed by atoms with Gasteiger partial charge in [0.1, 0.15) is 5.82 Å². The van der Waals surface area contributed by atoms with E-state index in [0.717, 1.165) is 11.4 Å². The van der Waals surface area contributed by atoms with Crippen LogP contribution in [0.2, 0.25) is 0 Å². The Hall–Kier alpha value is -1.45. The lowest BCUT2D eigenvalue weighted by atomic mass is 9.88. The van der Waals surface area contributed by atoms with Crippen LogP contribution in [0.5, 0.6) is 0 Å². The zero-order valence-corrected chi connectivity index (χ0v) is 12.1. The van der Waals surface area contributed by atoms with Crippen LogP contribution in [0.3, 0.4) is 0 Å². The van der Waals surface area contributed by atoms with E-state index in [1.165, 1.54) is 32.1 Å². The largest absolute Gasteiger partial charge is 0.550 e. The van der Waals surface area contributed by atoms with E-state index in [1.54, 1.807) is 0 Å². The second-order valence-corrected chi connectivity index (χ2v) is 6.81. The first-order chi connectivity index (χ1) is 9.51. The average Bonchev–Trinajstić information content (AvgIpc) is 3.03. The highest BCUT2D eigenvalue weighted by Crippen LogP contribution is 2.63.